The Morgan fingerprint density at radius 1 is 1.13 bits per heavy atom. The molecular weight excluding hydrogens is 190 g/mol. The molecule has 0 unspecified atom stereocenters. The predicted molar refractivity (Wildman–Crippen MR) is 58.1 cm³/mol. The molecule has 0 atom stereocenters. The highest BCUT2D eigenvalue weighted by Crippen LogP contribution is 2.17. The molecule has 4 nitrogen and oxygen atoms in total. The summed E-state index contributed by atoms with van der Waals surface area (Å²) in [4.78, 5) is 13.0. The average Bonchev–Trinajstić information content (AvgIpc) is 2.32. The van der Waals surface area contributed by atoms with E-state index in [1.165, 1.54) is 0 Å². The third-order valence-corrected chi connectivity index (χ3v) is 1.96. The zero-order valence-corrected chi connectivity index (χ0v) is 8.34. The third-order valence-electron chi connectivity index (χ3n) is 1.96. The first kappa shape index (κ1) is 9.61. The van der Waals surface area contributed by atoms with Gasteiger partial charge in [-0.3, -0.25) is 9.82 Å². The second-order valence-electron chi connectivity index (χ2n) is 2.98. The Bertz CT molecular complexity index is 414. The van der Waals surface area contributed by atoms with Crippen LogP contribution in [0, 0.1) is 0 Å². The number of rotatable bonds is 3. The van der Waals surface area contributed by atoms with Gasteiger partial charge in [-0.2, -0.15) is 0 Å². The molecule has 0 aliphatic rings. The van der Waals surface area contributed by atoms with Gasteiger partial charge in [0, 0.05) is 29.7 Å². The molecular formula is C11H11N3O. The van der Waals surface area contributed by atoms with Crippen molar-refractivity contribution in [2.75, 3.05) is 12.6 Å². The summed E-state index contributed by atoms with van der Waals surface area (Å²) in [6, 6.07) is 7.71. The number of pyridine rings is 2. The number of nitrogens with zero attached hydrogens (tertiary/aromatic N) is 2. The van der Waals surface area contributed by atoms with Crippen molar-refractivity contribution in [3.8, 4) is 11.1 Å². The summed E-state index contributed by atoms with van der Waals surface area (Å²) in [5.41, 5.74) is 4.74. The van der Waals surface area contributed by atoms with Crippen molar-refractivity contribution in [1.29, 1.82) is 0 Å². The number of hydrogen-bond acceptors (Lipinski definition) is 4. The van der Waals surface area contributed by atoms with Crippen LogP contribution in [0.15, 0.2) is 42.9 Å². The van der Waals surface area contributed by atoms with Crippen molar-refractivity contribution in [2.24, 2.45) is 0 Å². The van der Waals surface area contributed by atoms with E-state index in [1.54, 1.807) is 25.7 Å². The van der Waals surface area contributed by atoms with Gasteiger partial charge in [0.15, 0.2) is 0 Å². The van der Waals surface area contributed by atoms with E-state index in [0.29, 0.717) is 5.82 Å². The Kier molecular flexibility index (Phi) is 2.90. The van der Waals surface area contributed by atoms with Crippen molar-refractivity contribution in [3.63, 3.8) is 0 Å². The van der Waals surface area contributed by atoms with Crippen molar-refractivity contribution in [1.82, 2.24) is 9.97 Å². The number of nitrogens with one attached hydrogen (secondary N) is 1. The molecule has 15 heavy (non-hydrogen) atoms. The molecule has 0 aliphatic heterocycles. The molecule has 2 heterocycles. The first-order valence-electron chi connectivity index (χ1n) is 4.55. The quantitative estimate of drug-likeness (QED) is 0.772. The van der Waals surface area contributed by atoms with Gasteiger partial charge in [-0.1, -0.05) is 6.07 Å². The standard InChI is InChI=1S/C11H11N3O/c1-15-14-11-5-4-10(8-13-11)9-3-2-6-12-7-9/h2-8H,1H3,(H,13,14). The van der Waals surface area contributed by atoms with Crippen molar-refractivity contribution < 1.29 is 4.84 Å². The normalized spacial score (nSPS) is 9.93. The van der Waals surface area contributed by atoms with E-state index in [0.717, 1.165) is 11.1 Å². The molecule has 2 rings (SSSR count). The fourth-order valence-corrected chi connectivity index (χ4v) is 1.26. The molecule has 2 aromatic rings. The second-order valence-corrected chi connectivity index (χ2v) is 2.98. The average molecular weight is 201 g/mol. The van der Waals surface area contributed by atoms with Crippen molar-refractivity contribution >= 4 is 5.82 Å². The van der Waals surface area contributed by atoms with E-state index in [-0.39, 0.29) is 0 Å². The minimum Gasteiger partial charge on any atom is -0.278 e. The molecule has 1 N–H and O–H groups in total. The summed E-state index contributed by atoms with van der Waals surface area (Å²) >= 11 is 0. The predicted octanol–water partition coefficient (Wildman–Crippen LogP) is 2.12. The van der Waals surface area contributed by atoms with Crippen LogP contribution in [0.5, 0.6) is 0 Å². The Morgan fingerprint density at radius 2 is 2.00 bits per heavy atom. The van der Waals surface area contributed by atoms with Crippen LogP contribution in [0.4, 0.5) is 5.82 Å². The molecule has 76 valence electrons. The van der Waals surface area contributed by atoms with E-state index in [1.807, 2.05) is 24.3 Å². The zero-order chi connectivity index (χ0) is 10.5. The largest absolute Gasteiger partial charge is 0.278 e. The first-order chi connectivity index (χ1) is 7.40. The topological polar surface area (TPSA) is 47.0 Å². The molecule has 0 fully saturated rings. The van der Waals surface area contributed by atoms with Gasteiger partial charge in [-0.15, -0.1) is 0 Å². The fraction of sp³-hybridized carbons (Fsp3) is 0.0909. The van der Waals surface area contributed by atoms with Crippen LogP contribution in [0.3, 0.4) is 0 Å². The van der Waals surface area contributed by atoms with E-state index >= 15 is 0 Å². The lowest BCUT2D eigenvalue weighted by atomic mass is 10.1. The van der Waals surface area contributed by atoms with Crippen LogP contribution in [0.25, 0.3) is 11.1 Å². The zero-order valence-electron chi connectivity index (χ0n) is 8.34. The van der Waals surface area contributed by atoms with E-state index in [2.05, 4.69) is 15.4 Å². The highest BCUT2D eigenvalue weighted by molar-refractivity contribution is 5.62. The Morgan fingerprint density at radius 3 is 2.60 bits per heavy atom. The van der Waals surface area contributed by atoms with Gasteiger partial charge in [-0.25, -0.2) is 10.5 Å². The lowest BCUT2D eigenvalue weighted by molar-refractivity contribution is 0.269. The Hall–Kier alpha value is -1.94. The van der Waals surface area contributed by atoms with Gasteiger partial charge in [0.05, 0.1) is 7.11 Å². The van der Waals surface area contributed by atoms with Crippen LogP contribution >= 0.6 is 0 Å². The van der Waals surface area contributed by atoms with Crippen LogP contribution < -0.4 is 5.48 Å². The molecule has 0 amide bonds. The van der Waals surface area contributed by atoms with Gasteiger partial charge in [0.25, 0.3) is 0 Å². The molecule has 0 radical (unpaired) electrons. The minimum atomic E-state index is 0.685. The summed E-state index contributed by atoms with van der Waals surface area (Å²) in [7, 11) is 1.55. The lowest BCUT2D eigenvalue weighted by Gasteiger charge is -2.03. The molecule has 0 bridgehead atoms. The smallest absolute Gasteiger partial charge is 0.149 e. The molecule has 0 aliphatic carbocycles. The van der Waals surface area contributed by atoms with E-state index in [4.69, 9.17) is 4.84 Å². The molecule has 0 saturated carbocycles. The van der Waals surface area contributed by atoms with Gasteiger partial charge in [0.2, 0.25) is 0 Å². The fourth-order valence-electron chi connectivity index (χ4n) is 1.26. The maximum absolute atomic E-state index is 4.75. The summed E-state index contributed by atoms with van der Waals surface area (Å²) in [5, 5.41) is 0. The second kappa shape index (κ2) is 4.52. The van der Waals surface area contributed by atoms with Gasteiger partial charge in [-0.05, 0) is 18.2 Å². The van der Waals surface area contributed by atoms with Gasteiger partial charge < -0.3 is 0 Å². The summed E-state index contributed by atoms with van der Waals surface area (Å²) in [5.74, 6) is 0.685. The number of hydrogen-bond donors (Lipinski definition) is 1. The van der Waals surface area contributed by atoms with Crippen LogP contribution in [-0.4, -0.2) is 17.1 Å². The highest BCUT2D eigenvalue weighted by Gasteiger charge is 1.97. The van der Waals surface area contributed by atoms with Crippen molar-refractivity contribution in [3.05, 3.63) is 42.9 Å². The molecule has 4 heteroatoms. The molecule has 0 aromatic carbocycles. The van der Waals surface area contributed by atoms with Gasteiger partial charge in [0.1, 0.15) is 5.82 Å². The maximum Gasteiger partial charge on any atom is 0.149 e. The van der Waals surface area contributed by atoms with E-state index < -0.39 is 0 Å². The lowest BCUT2D eigenvalue weighted by Crippen LogP contribution is -1.97. The minimum absolute atomic E-state index is 0.685. The number of anilines is 1. The molecule has 2 aromatic heterocycles. The number of aromatic nitrogens is 2. The van der Waals surface area contributed by atoms with Crippen LogP contribution in [0.1, 0.15) is 0 Å². The monoisotopic (exact) mass is 201 g/mol. The molecule has 0 spiro atoms. The van der Waals surface area contributed by atoms with Crippen LogP contribution in [0.2, 0.25) is 0 Å². The first-order valence-corrected chi connectivity index (χ1v) is 4.55. The highest BCUT2D eigenvalue weighted by atomic mass is 16.6. The third kappa shape index (κ3) is 2.30. The maximum atomic E-state index is 4.75. The SMILES string of the molecule is CONc1ccc(-c2cccnc2)cn1. The summed E-state index contributed by atoms with van der Waals surface area (Å²) < 4.78 is 0. The molecule has 0 saturated heterocycles. The van der Waals surface area contributed by atoms with E-state index in [9.17, 15) is 0 Å². The van der Waals surface area contributed by atoms with Gasteiger partial charge >= 0.3 is 0 Å². The Balaban J connectivity index is 2.24. The van der Waals surface area contributed by atoms with Crippen molar-refractivity contribution in [2.45, 2.75) is 0 Å². The Labute approximate surface area is 87.9 Å². The summed E-state index contributed by atoms with van der Waals surface area (Å²) in [6.45, 7) is 0. The van der Waals surface area contributed by atoms with Crippen LogP contribution in [-0.2, 0) is 4.84 Å². The summed E-state index contributed by atoms with van der Waals surface area (Å²) in [6.07, 6.45) is 5.33.